The number of rotatable bonds is 4. The maximum atomic E-state index is 12.7. The van der Waals surface area contributed by atoms with Gasteiger partial charge in [-0.1, -0.05) is 11.6 Å². The van der Waals surface area contributed by atoms with Crippen molar-refractivity contribution in [1.82, 2.24) is 13.9 Å². The van der Waals surface area contributed by atoms with Crippen LogP contribution in [0.4, 0.5) is 0 Å². The molecule has 7 nitrogen and oxygen atoms in total. The first-order valence-electron chi connectivity index (χ1n) is 6.51. The van der Waals surface area contributed by atoms with Gasteiger partial charge >= 0.3 is 0 Å². The van der Waals surface area contributed by atoms with Crippen LogP contribution in [-0.4, -0.2) is 60.8 Å². The highest BCUT2D eigenvalue weighted by atomic mass is 35.5. The Balaban J connectivity index is 2.32. The van der Waals surface area contributed by atoms with Crippen molar-refractivity contribution < 1.29 is 17.9 Å². The molecule has 0 spiro atoms. The molecule has 120 valence electrons. The van der Waals surface area contributed by atoms with Gasteiger partial charge in [0.25, 0.3) is 10.0 Å². The summed E-state index contributed by atoms with van der Waals surface area (Å²) in [7, 11) is -0.561. The number of hydrogen-bond donors (Lipinski definition) is 0. The Morgan fingerprint density at radius 3 is 2.76 bits per heavy atom. The first-order valence-corrected chi connectivity index (χ1v) is 8.33. The highest BCUT2D eigenvalue weighted by molar-refractivity contribution is 7.89. The normalized spacial score (nSPS) is 23.4. The number of imidazole rings is 1. The molecule has 0 aliphatic carbocycles. The molecule has 0 N–H and O–H groups in total. The molecule has 0 bridgehead atoms. The van der Waals surface area contributed by atoms with Gasteiger partial charge < -0.3 is 14.0 Å². The minimum Gasteiger partial charge on any atom is -0.382 e. The lowest BCUT2D eigenvalue weighted by Gasteiger charge is -2.41. The maximum absolute atomic E-state index is 12.7. The number of halogens is 1. The van der Waals surface area contributed by atoms with Crippen LogP contribution in [0.1, 0.15) is 13.8 Å². The van der Waals surface area contributed by atoms with E-state index in [0.29, 0.717) is 6.61 Å². The quantitative estimate of drug-likeness (QED) is 0.815. The average Bonchev–Trinajstić information content (AvgIpc) is 2.69. The van der Waals surface area contributed by atoms with Gasteiger partial charge in [0.1, 0.15) is 5.15 Å². The highest BCUT2D eigenvalue weighted by Crippen LogP contribution is 2.28. The monoisotopic (exact) mass is 337 g/mol. The first kappa shape index (κ1) is 16.7. The zero-order valence-electron chi connectivity index (χ0n) is 12.5. The van der Waals surface area contributed by atoms with Crippen LogP contribution in [0.15, 0.2) is 11.4 Å². The zero-order chi connectivity index (χ0) is 15.8. The fourth-order valence-electron chi connectivity index (χ4n) is 2.39. The second-order valence-corrected chi connectivity index (χ2v) is 7.92. The summed E-state index contributed by atoms with van der Waals surface area (Å²) < 4.78 is 39.2. The van der Waals surface area contributed by atoms with E-state index in [1.807, 2.05) is 13.8 Å². The minimum absolute atomic E-state index is 0.0996. The minimum atomic E-state index is -3.76. The Morgan fingerprint density at radius 2 is 2.24 bits per heavy atom. The lowest BCUT2D eigenvalue weighted by molar-refractivity contribution is -0.135. The molecule has 0 saturated carbocycles. The van der Waals surface area contributed by atoms with E-state index in [4.69, 9.17) is 21.1 Å². The first-order chi connectivity index (χ1) is 9.67. The zero-order valence-corrected chi connectivity index (χ0v) is 14.1. The SMILES string of the molecule is COC[C@H]1CN(S(=O)(=O)c2ncn(C)c2Cl)CC(C)(C)O1. The molecule has 1 saturated heterocycles. The van der Waals surface area contributed by atoms with E-state index >= 15 is 0 Å². The van der Waals surface area contributed by atoms with E-state index in [1.165, 1.54) is 15.2 Å². The Kier molecular flexibility index (Phi) is 4.65. The predicted octanol–water partition coefficient (Wildman–Crippen LogP) is 0.888. The predicted molar refractivity (Wildman–Crippen MR) is 77.8 cm³/mol. The smallest absolute Gasteiger partial charge is 0.263 e. The molecule has 0 unspecified atom stereocenters. The summed E-state index contributed by atoms with van der Waals surface area (Å²) in [4.78, 5) is 3.91. The summed E-state index contributed by atoms with van der Waals surface area (Å²) in [6.07, 6.45) is 1.06. The number of morpholine rings is 1. The van der Waals surface area contributed by atoms with Crippen LogP contribution in [0.5, 0.6) is 0 Å². The van der Waals surface area contributed by atoms with Crippen LogP contribution in [0.2, 0.25) is 5.15 Å². The molecule has 1 aromatic heterocycles. The molecule has 0 amide bonds. The van der Waals surface area contributed by atoms with E-state index in [9.17, 15) is 8.42 Å². The van der Waals surface area contributed by atoms with E-state index in [-0.39, 0.29) is 29.4 Å². The summed E-state index contributed by atoms with van der Waals surface area (Å²) in [5.41, 5.74) is -0.601. The van der Waals surface area contributed by atoms with E-state index in [1.54, 1.807) is 14.2 Å². The molecular formula is C12H20ClN3O4S. The summed E-state index contributed by atoms with van der Waals surface area (Å²) in [6.45, 7) is 4.47. The highest BCUT2D eigenvalue weighted by Gasteiger charge is 2.41. The van der Waals surface area contributed by atoms with Crippen molar-refractivity contribution in [2.75, 3.05) is 26.8 Å². The lowest BCUT2D eigenvalue weighted by Crippen LogP contribution is -2.55. The van der Waals surface area contributed by atoms with Crippen molar-refractivity contribution in [3.63, 3.8) is 0 Å². The topological polar surface area (TPSA) is 73.7 Å². The average molecular weight is 338 g/mol. The lowest BCUT2D eigenvalue weighted by atomic mass is 10.1. The molecule has 1 aliphatic heterocycles. The van der Waals surface area contributed by atoms with E-state index in [0.717, 1.165) is 0 Å². The molecule has 21 heavy (non-hydrogen) atoms. The largest absolute Gasteiger partial charge is 0.382 e. The van der Waals surface area contributed by atoms with Crippen molar-refractivity contribution in [3.8, 4) is 0 Å². The van der Waals surface area contributed by atoms with Gasteiger partial charge in [-0.15, -0.1) is 0 Å². The van der Waals surface area contributed by atoms with Gasteiger partial charge in [0.2, 0.25) is 5.03 Å². The number of aryl methyl sites for hydroxylation is 1. The number of ether oxygens (including phenoxy) is 2. The van der Waals surface area contributed by atoms with Gasteiger partial charge in [-0.25, -0.2) is 13.4 Å². The molecule has 2 heterocycles. The third-order valence-electron chi connectivity index (χ3n) is 3.22. The molecular weight excluding hydrogens is 318 g/mol. The van der Waals surface area contributed by atoms with Crippen molar-refractivity contribution in [2.45, 2.75) is 30.6 Å². The molecule has 2 rings (SSSR count). The maximum Gasteiger partial charge on any atom is 0.263 e. The van der Waals surface area contributed by atoms with Gasteiger partial charge in [-0.3, -0.25) is 0 Å². The van der Waals surface area contributed by atoms with Gasteiger partial charge in [0, 0.05) is 27.2 Å². The van der Waals surface area contributed by atoms with Gasteiger partial charge in [-0.2, -0.15) is 4.31 Å². The molecule has 0 aromatic carbocycles. The van der Waals surface area contributed by atoms with Crippen molar-refractivity contribution in [3.05, 3.63) is 11.5 Å². The summed E-state index contributed by atoms with van der Waals surface area (Å²) >= 11 is 6.02. The Labute approximate surface area is 129 Å². The van der Waals surface area contributed by atoms with Crippen molar-refractivity contribution >= 4 is 21.6 Å². The number of aromatic nitrogens is 2. The van der Waals surface area contributed by atoms with E-state index < -0.39 is 15.6 Å². The molecule has 1 atom stereocenters. The van der Waals surface area contributed by atoms with Crippen LogP contribution in [0, 0.1) is 0 Å². The van der Waals surface area contributed by atoms with Crippen LogP contribution >= 0.6 is 11.6 Å². The van der Waals surface area contributed by atoms with Crippen LogP contribution in [-0.2, 0) is 26.5 Å². The summed E-state index contributed by atoms with van der Waals surface area (Å²) in [6, 6.07) is 0. The van der Waals surface area contributed by atoms with Gasteiger partial charge in [-0.05, 0) is 13.8 Å². The second kappa shape index (κ2) is 5.85. The summed E-state index contributed by atoms with van der Waals surface area (Å²) in [5, 5.41) is -0.0249. The van der Waals surface area contributed by atoms with Gasteiger partial charge in [0.15, 0.2) is 0 Å². The molecule has 1 aromatic rings. The molecule has 0 radical (unpaired) electrons. The third-order valence-corrected chi connectivity index (χ3v) is 5.52. The van der Waals surface area contributed by atoms with E-state index in [2.05, 4.69) is 4.98 Å². The third kappa shape index (κ3) is 3.40. The fourth-order valence-corrected chi connectivity index (χ4v) is 4.40. The van der Waals surface area contributed by atoms with Crippen LogP contribution in [0.3, 0.4) is 0 Å². The Morgan fingerprint density at radius 1 is 1.57 bits per heavy atom. The molecule has 1 aliphatic rings. The van der Waals surface area contributed by atoms with Crippen LogP contribution < -0.4 is 0 Å². The summed E-state index contributed by atoms with van der Waals surface area (Å²) in [5.74, 6) is 0. The number of hydrogen-bond acceptors (Lipinski definition) is 5. The standard InChI is InChI=1S/C12H20ClN3O4S/c1-12(2)7-16(5-9(20-12)6-19-4)21(17,18)11-10(13)15(3)8-14-11/h8-9H,5-7H2,1-4H3/t9-/m1/s1. The number of methoxy groups -OCH3 is 1. The van der Waals surface area contributed by atoms with Crippen molar-refractivity contribution in [1.29, 1.82) is 0 Å². The molecule has 1 fully saturated rings. The number of sulfonamides is 1. The Hall–Kier alpha value is -0.670. The van der Waals surface area contributed by atoms with Crippen molar-refractivity contribution in [2.24, 2.45) is 7.05 Å². The van der Waals surface area contributed by atoms with Crippen LogP contribution in [0.25, 0.3) is 0 Å². The Bertz CT molecular complexity index is 614. The second-order valence-electron chi connectivity index (χ2n) is 5.70. The van der Waals surface area contributed by atoms with Gasteiger partial charge in [0.05, 0.1) is 24.6 Å². The fraction of sp³-hybridized carbons (Fsp3) is 0.750. The molecule has 9 heteroatoms. The number of nitrogens with zero attached hydrogens (tertiary/aromatic N) is 3.